The number of ether oxygens (including phenoxy) is 4. The highest BCUT2D eigenvalue weighted by atomic mass is 16.6. The van der Waals surface area contributed by atoms with Crippen molar-refractivity contribution in [3.63, 3.8) is 0 Å². The SMILES string of the molecule is CC(=O)N(C)CCCOCCOCCOCCOCCCN(C)C(C)C. The topological polar surface area (TPSA) is 60.5 Å². The molecule has 0 radical (unpaired) electrons. The molecule has 0 rings (SSSR count). The van der Waals surface area contributed by atoms with Gasteiger partial charge in [-0.05, 0) is 33.7 Å². The summed E-state index contributed by atoms with van der Waals surface area (Å²) in [6.07, 6.45) is 1.88. The lowest BCUT2D eigenvalue weighted by Gasteiger charge is -2.20. The summed E-state index contributed by atoms with van der Waals surface area (Å²) in [5, 5.41) is 0. The summed E-state index contributed by atoms with van der Waals surface area (Å²) in [5.74, 6) is 0.0810. The van der Waals surface area contributed by atoms with E-state index in [4.69, 9.17) is 18.9 Å². The van der Waals surface area contributed by atoms with Crippen LogP contribution in [-0.2, 0) is 23.7 Å². The molecule has 0 aromatic carbocycles. The lowest BCUT2D eigenvalue weighted by Crippen LogP contribution is -2.28. The zero-order valence-corrected chi connectivity index (χ0v) is 17.5. The van der Waals surface area contributed by atoms with Crippen molar-refractivity contribution in [1.82, 2.24) is 9.80 Å². The van der Waals surface area contributed by atoms with E-state index < -0.39 is 0 Å². The molecular weight excluding hydrogens is 336 g/mol. The van der Waals surface area contributed by atoms with Crippen molar-refractivity contribution >= 4 is 5.91 Å². The van der Waals surface area contributed by atoms with Crippen LogP contribution in [0.15, 0.2) is 0 Å². The van der Waals surface area contributed by atoms with E-state index in [9.17, 15) is 4.79 Å². The second kappa shape index (κ2) is 17.7. The zero-order valence-electron chi connectivity index (χ0n) is 17.5. The molecule has 26 heavy (non-hydrogen) atoms. The van der Waals surface area contributed by atoms with Gasteiger partial charge in [-0.15, -0.1) is 0 Å². The molecule has 0 bridgehead atoms. The first kappa shape index (κ1) is 25.3. The number of hydrogen-bond acceptors (Lipinski definition) is 6. The van der Waals surface area contributed by atoms with Gasteiger partial charge >= 0.3 is 0 Å². The largest absolute Gasteiger partial charge is 0.379 e. The monoisotopic (exact) mass is 376 g/mol. The normalized spacial score (nSPS) is 11.5. The molecule has 156 valence electrons. The Hall–Kier alpha value is -0.730. The Kier molecular flexibility index (Phi) is 17.2. The van der Waals surface area contributed by atoms with Crippen molar-refractivity contribution in [2.45, 2.75) is 39.7 Å². The fourth-order valence-electron chi connectivity index (χ4n) is 2.00. The smallest absolute Gasteiger partial charge is 0.219 e. The van der Waals surface area contributed by atoms with Crippen molar-refractivity contribution in [3.8, 4) is 0 Å². The molecule has 0 aromatic heterocycles. The summed E-state index contributed by atoms with van der Waals surface area (Å²) >= 11 is 0. The fraction of sp³-hybridized carbons (Fsp3) is 0.947. The number of carbonyl (C=O) groups excluding carboxylic acids is 1. The van der Waals surface area contributed by atoms with Crippen LogP contribution >= 0.6 is 0 Å². The third-order valence-corrected chi connectivity index (χ3v) is 4.12. The molecule has 0 saturated heterocycles. The van der Waals surface area contributed by atoms with E-state index in [0.717, 1.165) is 32.5 Å². The summed E-state index contributed by atoms with van der Waals surface area (Å²) in [6, 6.07) is 0.581. The molecule has 0 saturated carbocycles. The van der Waals surface area contributed by atoms with Crippen LogP contribution in [0.25, 0.3) is 0 Å². The molecule has 1 amide bonds. The third-order valence-electron chi connectivity index (χ3n) is 4.12. The number of amides is 1. The van der Waals surface area contributed by atoms with Gasteiger partial charge in [0.1, 0.15) is 0 Å². The lowest BCUT2D eigenvalue weighted by molar-refractivity contribution is -0.127. The Morgan fingerprint density at radius 3 is 1.50 bits per heavy atom. The van der Waals surface area contributed by atoms with Gasteiger partial charge < -0.3 is 28.7 Å². The Morgan fingerprint density at radius 1 is 0.731 bits per heavy atom. The van der Waals surface area contributed by atoms with E-state index >= 15 is 0 Å². The molecular formula is C19H40N2O5. The molecule has 0 spiro atoms. The average Bonchev–Trinajstić information content (AvgIpc) is 2.60. The van der Waals surface area contributed by atoms with Gasteiger partial charge in [0, 0.05) is 46.3 Å². The molecule has 0 N–H and O–H groups in total. The highest BCUT2D eigenvalue weighted by molar-refractivity contribution is 5.72. The molecule has 0 unspecified atom stereocenters. The minimum absolute atomic E-state index is 0.0810. The van der Waals surface area contributed by atoms with E-state index in [1.807, 2.05) is 0 Å². The zero-order chi connectivity index (χ0) is 19.6. The van der Waals surface area contributed by atoms with Crippen molar-refractivity contribution < 1.29 is 23.7 Å². The number of carbonyl (C=O) groups is 1. The summed E-state index contributed by atoms with van der Waals surface area (Å²) in [5.41, 5.74) is 0. The van der Waals surface area contributed by atoms with E-state index in [0.29, 0.717) is 52.3 Å². The van der Waals surface area contributed by atoms with Gasteiger partial charge in [-0.1, -0.05) is 0 Å². The highest BCUT2D eigenvalue weighted by Crippen LogP contribution is 1.95. The third kappa shape index (κ3) is 16.7. The van der Waals surface area contributed by atoms with Crippen LogP contribution in [0.5, 0.6) is 0 Å². The first-order chi connectivity index (χ1) is 12.4. The Morgan fingerprint density at radius 2 is 1.12 bits per heavy atom. The predicted molar refractivity (Wildman–Crippen MR) is 104 cm³/mol. The van der Waals surface area contributed by atoms with Crippen molar-refractivity contribution in [1.29, 1.82) is 0 Å². The van der Waals surface area contributed by atoms with Crippen molar-refractivity contribution in [3.05, 3.63) is 0 Å². The molecule has 0 fully saturated rings. The van der Waals surface area contributed by atoms with Gasteiger partial charge in [0.2, 0.25) is 5.91 Å². The van der Waals surface area contributed by atoms with E-state index in [1.165, 1.54) is 0 Å². The van der Waals surface area contributed by atoms with E-state index in [2.05, 4.69) is 25.8 Å². The highest BCUT2D eigenvalue weighted by Gasteiger charge is 2.02. The van der Waals surface area contributed by atoms with Crippen LogP contribution in [0.2, 0.25) is 0 Å². The maximum absolute atomic E-state index is 11.0. The van der Waals surface area contributed by atoms with Crippen molar-refractivity contribution in [2.24, 2.45) is 0 Å². The first-order valence-corrected chi connectivity index (χ1v) is 9.68. The number of nitrogens with zero attached hydrogens (tertiary/aromatic N) is 2. The van der Waals surface area contributed by atoms with Gasteiger partial charge in [0.25, 0.3) is 0 Å². The Balaban J connectivity index is 3.13. The maximum atomic E-state index is 11.0. The van der Waals surface area contributed by atoms with Crippen molar-refractivity contribution in [2.75, 3.05) is 80.0 Å². The van der Waals surface area contributed by atoms with Crippen LogP contribution in [0, 0.1) is 0 Å². The summed E-state index contributed by atoms with van der Waals surface area (Å²) in [4.78, 5) is 15.0. The molecule has 0 aliphatic rings. The van der Waals surface area contributed by atoms with Gasteiger partial charge in [-0.3, -0.25) is 4.79 Å². The van der Waals surface area contributed by atoms with Gasteiger partial charge in [-0.2, -0.15) is 0 Å². The summed E-state index contributed by atoms with van der Waals surface area (Å²) < 4.78 is 21.9. The lowest BCUT2D eigenvalue weighted by atomic mass is 10.3. The van der Waals surface area contributed by atoms with Gasteiger partial charge in [0.15, 0.2) is 0 Å². The molecule has 0 aliphatic carbocycles. The predicted octanol–water partition coefficient (Wildman–Crippen LogP) is 1.65. The second-order valence-corrected chi connectivity index (χ2v) is 6.67. The van der Waals surface area contributed by atoms with Gasteiger partial charge in [0.05, 0.1) is 39.6 Å². The molecule has 0 aromatic rings. The van der Waals surface area contributed by atoms with Crippen LogP contribution in [0.1, 0.15) is 33.6 Å². The molecule has 0 heterocycles. The first-order valence-electron chi connectivity index (χ1n) is 9.68. The maximum Gasteiger partial charge on any atom is 0.219 e. The summed E-state index contributed by atoms with van der Waals surface area (Å²) in [6.45, 7) is 12.6. The van der Waals surface area contributed by atoms with E-state index in [1.54, 1.807) is 18.9 Å². The average molecular weight is 377 g/mol. The molecule has 7 nitrogen and oxygen atoms in total. The van der Waals surface area contributed by atoms with Crippen LogP contribution in [0.4, 0.5) is 0 Å². The summed E-state index contributed by atoms with van der Waals surface area (Å²) in [7, 11) is 3.92. The quantitative estimate of drug-likeness (QED) is 0.339. The Labute approximate surface area is 159 Å². The van der Waals surface area contributed by atoms with Crippen LogP contribution in [-0.4, -0.2) is 102 Å². The van der Waals surface area contributed by atoms with Crippen LogP contribution < -0.4 is 0 Å². The number of hydrogen-bond donors (Lipinski definition) is 0. The second-order valence-electron chi connectivity index (χ2n) is 6.67. The molecule has 7 heteroatoms. The fourth-order valence-corrected chi connectivity index (χ4v) is 2.00. The van der Waals surface area contributed by atoms with Crippen LogP contribution in [0.3, 0.4) is 0 Å². The number of rotatable bonds is 18. The van der Waals surface area contributed by atoms with E-state index in [-0.39, 0.29) is 5.91 Å². The minimum atomic E-state index is 0.0810. The minimum Gasteiger partial charge on any atom is -0.379 e. The molecule has 0 atom stereocenters. The van der Waals surface area contributed by atoms with Gasteiger partial charge in [-0.25, -0.2) is 0 Å². The standard InChI is InChI=1S/C19H40N2O5/c1-18(2)20(4)8-6-10-23-12-14-25-16-17-26-15-13-24-11-7-9-21(5)19(3)22/h18H,6-17H2,1-5H3. The molecule has 0 aliphatic heterocycles. The Bertz CT molecular complexity index is 329.